The van der Waals surface area contributed by atoms with Gasteiger partial charge in [0.2, 0.25) is 0 Å². The first-order valence-electron chi connectivity index (χ1n) is 12.4. The standard InChI is InChI=1S/C32H26N2O2/c1-20-19-35-29-16-14-25(18-28(29)33-20)32(22-9-5-3-6-10-22,23-11-7-4-8-12-23)24-13-15-26-27(17-24)34-21(2)30-31(26)36-30/h3-18,30-31H,19H2,1-2H3. The third-order valence-corrected chi connectivity index (χ3v) is 7.52. The van der Waals surface area contributed by atoms with Crippen LogP contribution in [0, 0.1) is 0 Å². The van der Waals surface area contributed by atoms with Crippen molar-refractivity contribution in [2.45, 2.75) is 31.5 Å². The Morgan fingerprint density at radius 1 is 0.667 bits per heavy atom. The molecule has 0 spiro atoms. The number of nitrogens with zero attached hydrogens (tertiary/aromatic N) is 2. The van der Waals surface area contributed by atoms with Crippen molar-refractivity contribution in [1.29, 1.82) is 0 Å². The second-order valence-electron chi connectivity index (χ2n) is 9.80. The Kier molecular flexibility index (Phi) is 4.73. The topological polar surface area (TPSA) is 46.5 Å². The molecular weight excluding hydrogens is 444 g/mol. The van der Waals surface area contributed by atoms with Crippen molar-refractivity contribution in [1.82, 2.24) is 0 Å². The largest absolute Gasteiger partial charge is 0.485 e. The SMILES string of the molecule is CC1=Nc2cc(C(c3ccccc3)(c3ccccc3)c3ccc4c(c3)N=C(C)C3OC43)ccc2OC1. The van der Waals surface area contributed by atoms with Gasteiger partial charge in [-0.2, -0.15) is 0 Å². The zero-order valence-electron chi connectivity index (χ0n) is 20.3. The van der Waals surface area contributed by atoms with Crippen LogP contribution in [0.4, 0.5) is 11.4 Å². The maximum atomic E-state index is 5.96. The zero-order chi connectivity index (χ0) is 24.3. The Morgan fingerprint density at radius 3 is 2.00 bits per heavy atom. The molecule has 176 valence electrons. The van der Waals surface area contributed by atoms with Crippen molar-refractivity contribution < 1.29 is 9.47 Å². The highest BCUT2D eigenvalue weighted by atomic mass is 16.6. The number of ether oxygens (including phenoxy) is 2. The molecule has 7 rings (SSSR count). The van der Waals surface area contributed by atoms with E-state index >= 15 is 0 Å². The van der Waals surface area contributed by atoms with Gasteiger partial charge in [-0.25, -0.2) is 0 Å². The summed E-state index contributed by atoms with van der Waals surface area (Å²) in [5, 5.41) is 0. The summed E-state index contributed by atoms with van der Waals surface area (Å²) in [5.74, 6) is 0.821. The van der Waals surface area contributed by atoms with Gasteiger partial charge in [-0.05, 0) is 54.3 Å². The summed E-state index contributed by atoms with van der Waals surface area (Å²) in [6.45, 7) is 4.60. The highest BCUT2D eigenvalue weighted by Crippen LogP contribution is 2.52. The van der Waals surface area contributed by atoms with Crippen molar-refractivity contribution in [3.05, 3.63) is 125 Å². The van der Waals surface area contributed by atoms with Crippen LogP contribution in [0.3, 0.4) is 0 Å². The number of fused-ring (bicyclic) bond motifs is 4. The van der Waals surface area contributed by atoms with Crippen LogP contribution >= 0.6 is 0 Å². The first kappa shape index (κ1) is 21.3. The minimum atomic E-state index is -0.571. The molecule has 0 radical (unpaired) electrons. The van der Waals surface area contributed by atoms with E-state index in [0.29, 0.717) is 6.61 Å². The second-order valence-corrected chi connectivity index (χ2v) is 9.80. The molecule has 0 bridgehead atoms. The molecule has 4 aromatic carbocycles. The minimum Gasteiger partial charge on any atom is -0.485 e. The first-order valence-corrected chi connectivity index (χ1v) is 12.4. The number of hydrogen-bond donors (Lipinski definition) is 0. The first-order chi connectivity index (χ1) is 17.6. The fraction of sp³-hybridized carbons (Fsp3) is 0.188. The summed E-state index contributed by atoms with van der Waals surface area (Å²) in [5.41, 5.74) is 9.15. The summed E-state index contributed by atoms with van der Waals surface area (Å²) in [6.07, 6.45) is 0.269. The summed E-state index contributed by atoms with van der Waals surface area (Å²) in [6, 6.07) is 34.6. The van der Waals surface area contributed by atoms with Gasteiger partial charge < -0.3 is 9.47 Å². The van der Waals surface area contributed by atoms with Crippen LogP contribution in [0.5, 0.6) is 5.75 Å². The van der Waals surface area contributed by atoms with Gasteiger partial charge in [0, 0.05) is 11.3 Å². The average Bonchev–Trinajstić information content (AvgIpc) is 3.72. The van der Waals surface area contributed by atoms with Crippen molar-refractivity contribution >= 4 is 22.8 Å². The maximum Gasteiger partial charge on any atom is 0.145 e. The number of epoxide rings is 1. The average molecular weight is 471 g/mol. The van der Waals surface area contributed by atoms with Crippen LogP contribution in [0.25, 0.3) is 0 Å². The lowest BCUT2D eigenvalue weighted by Gasteiger charge is -2.37. The van der Waals surface area contributed by atoms with Crippen LogP contribution in [0.2, 0.25) is 0 Å². The van der Waals surface area contributed by atoms with Crippen molar-refractivity contribution in [2.24, 2.45) is 9.98 Å². The van der Waals surface area contributed by atoms with E-state index in [0.717, 1.165) is 39.7 Å². The van der Waals surface area contributed by atoms with Gasteiger partial charge in [-0.3, -0.25) is 9.98 Å². The lowest BCUT2D eigenvalue weighted by molar-refractivity contribution is 0.371. The van der Waals surface area contributed by atoms with E-state index in [4.69, 9.17) is 19.5 Å². The van der Waals surface area contributed by atoms with Gasteiger partial charge in [0.15, 0.2) is 0 Å². The summed E-state index contributed by atoms with van der Waals surface area (Å²) >= 11 is 0. The summed E-state index contributed by atoms with van der Waals surface area (Å²) < 4.78 is 11.9. The van der Waals surface area contributed by atoms with Crippen molar-refractivity contribution in [3.8, 4) is 5.75 Å². The number of rotatable bonds is 4. The molecule has 4 heteroatoms. The molecule has 36 heavy (non-hydrogen) atoms. The van der Waals surface area contributed by atoms with E-state index in [1.807, 2.05) is 6.92 Å². The molecule has 1 fully saturated rings. The third kappa shape index (κ3) is 3.18. The van der Waals surface area contributed by atoms with Crippen molar-refractivity contribution in [3.63, 3.8) is 0 Å². The Morgan fingerprint density at radius 2 is 1.31 bits per heavy atom. The molecule has 3 heterocycles. The third-order valence-electron chi connectivity index (χ3n) is 7.52. The lowest BCUT2D eigenvalue weighted by Crippen LogP contribution is -2.31. The molecule has 4 nitrogen and oxygen atoms in total. The molecular formula is C32H26N2O2. The van der Waals surface area contributed by atoms with E-state index in [9.17, 15) is 0 Å². The molecule has 4 aromatic rings. The lowest BCUT2D eigenvalue weighted by atomic mass is 9.64. The predicted octanol–water partition coefficient (Wildman–Crippen LogP) is 7.10. The smallest absolute Gasteiger partial charge is 0.145 e. The molecule has 0 aliphatic carbocycles. The fourth-order valence-electron chi connectivity index (χ4n) is 5.79. The Labute approximate surface area is 211 Å². The highest BCUT2D eigenvalue weighted by molar-refractivity contribution is 5.94. The van der Waals surface area contributed by atoms with Crippen LogP contribution in [-0.4, -0.2) is 24.1 Å². The van der Waals surface area contributed by atoms with Gasteiger partial charge in [0.25, 0.3) is 0 Å². The molecule has 0 amide bonds. The molecule has 2 atom stereocenters. The fourth-order valence-corrected chi connectivity index (χ4v) is 5.79. The van der Waals surface area contributed by atoms with Gasteiger partial charge in [0.05, 0.1) is 16.8 Å². The van der Waals surface area contributed by atoms with Gasteiger partial charge in [-0.1, -0.05) is 78.9 Å². The molecule has 0 saturated carbocycles. The van der Waals surface area contributed by atoms with Crippen LogP contribution < -0.4 is 4.74 Å². The molecule has 1 saturated heterocycles. The molecule has 2 unspecified atom stereocenters. The van der Waals surface area contributed by atoms with Crippen LogP contribution in [-0.2, 0) is 10.2 Å². The Hall–Kier alpha value is -4.02. The quantitative estimate of drug-likeness (QED) is 0.236. The van der Waals surface area contributed by atoms with Crippen LogP contribution in [0.15, 0.2) is 107 Å². The van der Waals surface area contributed by atoms with Crippen LogP contribution in [0.1, 0.15) is 47.8 Å². The molecule has 0 aromatic heterocycles. The van der Waals surface area contributed by atoms with E-state index in [1.54, 1.807) is 0 Å². The van der Waals surface area contributed by atoms with E-state index in [-0.39, 0.29) is 12.2 Å². The van der Waals surface area contributed by atoms with Gasteiger partial charge >= 0.3 is 0 Å². The summed E-state index contributed by atoms with van der Waals surface area (Å²) in [7, 11) is 0. The van der Waals surface area contributed by atoms with E-state index in [1.165, 1.54) is 16.7 Å². The predicted molar refractivity (Wildman–Crippen MR) is 143 cm³/mol. The minimum absolute atomic E-state index is 0.132. The normalized spacial score (nSPS) is 19.7. The Bertz CT molecular complexity index is 1500. The molecule has 0 N–H and O–H groups in total. The number of benzene rings is 4. The number of hydrogen-bond acceptors (Lipinski definition) is 4. The summed E-state index contributed by atoms with van der Waals surface area (Å²) in [4.78, 5) is 9.80. The number of aliphatic imine (C=N–C) groups is 2. The monoisotopic (exact) mass is 470 g/mol. The van der Waals surface area contributed by atoms with E-state index < -0.39 is 5.41 Å². The highest BCUT2D eigenvalue weighted by Gasteiger charge is 2.47. The zero-order valence-corrected chi connectivity index (χ0v) is 20.3. The maximum absolute atomic E-state index is 5.96. The van der Waals surface area contributed by atoms with Crippen molar-refractivity contribution in [2.75, 3.05) is 6.61 Å². The molecule has 3 aliphatic rings. The Balaban J connectivity index is 1.55. The van der Waals surface area contributed by atoms with E-state index in [2.05, 4.69) is 104 Å². The molecule has 3 aliphatic heterocycles. The van der Waals surface area contributed by atoms with Gasteiger partial charge in [0.1, 0.15) is 30.3 Å². The second kappa shape index (κ2) is 8.00. The van der Waals surface area contributed by atoms with Gasteiger partial charge in [-0.15, -0.1) is 0 Å².